The highest BCUT2D eigenvalue weighted by atomic mass is 16.2. The summed E-state index contributed by atoms with van der Waals surface area (Å²) in [5, 5.41) is 10.8. The van der Waals surface area contributed by atoms with Crippen molar-refractivity contribution in [2.24, 2.45) is 5.10 Å². The maximum Gasteiger partial charge on any atom is 0.329 e. The molecule has 1 aromatic carbocycles. The van der Waals surface area contributed by atoms with Crippen molar-refractivity contribution in [1.82, 2.24) is 20.5 Å². The molecule has 1 aromatic heterocycles. The van der Waals surface area contributed by atoms with Crippen LogP contribution < -0.4 is 10.7 Å². The van der Waals surface area contributed by atoms with Crippen molar-refractivity contribution in [2.75, 3.05) is 0 Å². The van der Waals surface area contributed by atoms with Gasteiger partial charge in [0.2, 0.25) is 0 Å². The molecule has 2 amide bonds. The van der Waals surface area contributed by atoms with Gasteiger partial charge in [-0.05, 0) is 39.8 Å². The van der Waals surface area contributed by atoms with Crippen LogP contribution in [0.3, 0.4) is 0 Å². The third-order valence-electron chi connectivity index (χ3n) is 3.33. The number of hydrogen-bond acceptors (Lipinski definition) is 4. The van der Waals surface area contributed by atoms with E-state index >= 15 is 0 Å². The number of hydrogen-bond donors (Lipinski definition) is 2. The molecule has 0 spiro atoms. The summed E-state index contributed by atoms with van der Waals surface area (Å²) in [6.45, 7) is 7.33. The van der Waals surface area contributed by atoms with Crippen LogP contribution in [-0.4, -0.2) is 33.9 Å². The van der Waals surface area contributed by atoms with E-state index in [0.29, 0.717) is 0 Å². The number of aromatic nitrogens is 2. The van der Waals surface area contributed by atoms with Crippen molar-refractivity contribution in [3.8, 4) is 5.69 Å². The van der Waals surface area contributed by atoms with E-state index in [4.69, 9.17) is 0 Å². The molecule has 24 heavy (non-hydrogen) atoms. The van der Waals surface area contributed by atoms with E-state index in [-0.39, 0.29) is 6.04 Å². The largest absolute Gasteiger partial charge is 0.346 e. The Hall–Kier alpha value is -2.96. The van der Waals surface area contributed by atoms with E-state index in [1.807, 2.05) is 48.9 Å². The lowest BCUT2D eigenvalue weighted by molar-refractivity contribution is -0.139. The Kier molecular flexibility index (Phi) is 5.47. The van der Waals surface area contributed by atoms with Crippen LogP contribution in [-0.2, 0) is 9.59 Å². The van der Waals surface area contributed by atoms with Crippen LogP contribution in [0.15, 0.2) is 35.4 Å². The van der Waals surface area contributed by atoms with E-state index in [2.05, 4.69) is 20.9 Å². The highest BCUT2D eigenvalue weighted by Crippen LogP contribution is 2.15. The zero-order chi connectivity index (χ0) is 17.7. The summed E-state index contributed by atoms with van der Waals surface area (Å²) < 4.78 is 1.81. The van der Waals surface area contributed by atoms with Crippen LogP contribution in [0.25, 0.3) is 5.69 Å². The molecule has 0 aliphatic heterocycles. The molecular weight excluding hydrogens is 306 g/mol. The van der Waals surface area contributed by atoms with Gasteiger partial charge < -0.3 is 5.32 Å². The first-order chi connectivity index (χ1) is 11.4. The first-order valence-electron chi connectivity index (χ1n) is 7.65. The molecule has 0 bridgehead atoms. The van der Waals surface area contributed by atoms with Gasteiger partial charge in [-0.3, -0.25) is 9.59 Å². The SMILES string of the molecule is Cc1nn(-c2ccccc2)c(C)c1/C=N\NC(=O)C(=O)NC(C)C. The predicted octanol–water partition coefficient (Wildman–Crippen LogP) is 1.46. The molecule has 0 aliphatic rings. The normalized spacial score (nSPS) is 11.0. The van der Waals surface area contributed by atoms with Crippen LogP contribution in [0.2, 0.25) is 0 Å². The minimum absolute atomic E-state index is 0.110. The number of carbonyl (C=O) groups excluding carboxylic acids is 2. The quantitative estimate of drug-likeness (QED) is 0.506. The van der Waals surface area contributed by atoms with Gasteiger partial charge >= 0.3 is 11.8 Å². The summed E-state index contributed by atoms with van der Waals surface area (Å²) in [5.74, 6) is -1.51. The minimum Gasteiger partial charge on any atom is -0.346 e. The van der Waals surface area contributed by atoms with Gasteiger partial charge in [0.05, 0.1) is 23.3 Å². The number of nitrogens with zero attached hydrogens (tertiary/aromatic N) is 3. The van der Waals surface area contributed by atoms with Crippen LogP contribution in [0.1, 0.15) is 30.8 Å². The summed E-state index contributed by atoms with van der Waals surface area (Å²) in [6.07, 6.45) is 1.50. The standard InChI is InChI=1S/C17H21N5O2/c1-11(2)19-16(23)17(24)20-18-10-15-12(3)21-22(13(15)4)14-8-6-5-7-9-14/h5-11H,1-4H3,(H,19,23)(H,20,24)/b18-10-. The van der Waals surface area contributed by atoms with Crippen molar-refractivity contribution >= 4 is 18.0 Å². The number of carbonyl (C=O) groups is 2. The smallest absolute Gasteiger partial charge is 0.329 e. The fourth-order valence-corrected chi connectivity index (χ4v) is 2.20. The highest BCUT2D eigenvalue weighted by molar-refractivity contribution is 6.35. The van der Waals surface area contributed by atoms with Gasteiger partial charge in [-0.1, -0.05) is 18.2 Å². The average Bonchev–Trinajstić information content (AvgIpc) is 2.83. The molecular formula is C17H21N5O2. The Labute approximate surface area is 140 Å². The van der Waals surface area contributed by atoms with Gasteiger partial charge in [0.1, 0.15) is 0 Å². The van der Waals surface area contributed by atoms with Crippen LogP contribution in [0, 0.1) is 13.8 Å². The summed E-state index contributed by atoms with van der Waals surface area (Å²) in [6, 6.07) is 9.62. The third-order valence-corrected chi connectivity index (χ3v) is 3.33. The number of rotatable bonds is 4. The van der Waals surface area contributed by atoms with Crippen molar-refractivity contribution in [3.63, 3.8) is 0 Å². The summed E-state index contributed by atoms with van der Waals surface area (Å²) in [4.78, 5) is 23.1. The molecule has 0 unspecified atom stereocenters. The molecule has 2 N–H and O–H groups in total. The lowest BCUT2D eigenvalue weighted by atomic mass is 10.2. The van der Waals surface area contributed by atoms with E-state index in [1.54, 1.807) is 13.8 Å². The van der Waals surface area contributed by atoms with Gasteiger partial charge in [0, 0.05) is 11.6 Å². The Morgan fingerprint density at radius 3 is 2.46 bits per heavy atom. The van der Waals surface area contributed by atoms with Gasteiger partial charge in [0.25, 0.3) is 0 Å². The molecule has 0 radical (unpaired) electrons. The van der Waals surface area contributed by atoms with Crippen LogP contribution in [0.5, 0.6) is 0 Å². The molecule has 0 aliphatic carbocycles. The minimum atomic E-state index is -0.800. The topological polar surface area (TPSA) is 88.4 Å². The van der Waals surface area contributed by atoms with Crippen molar-refractivity contribution in [2.45, 2.75) is 33.7 Å². The zero-order valence-electron chi connectivity index (χ0n) is 14.2. The first-order valence-corrected chi connectivity index (χ1v) is 7.65. The Bertz CT molecular complexity index is 763. The predicted molar refractivity (Wildman–Crippen MR) is 92.1 cm³/mol. The molecule has 2 rings (SSSR count). The zero-order valence-corrected chi connectivity index (χ0v) is 14.2. The first kappa shape index (κ1) is 17.4. The van der Waals surface area contributed by atoms with E-state index in [0.717, 1.165) is 22.6 Å². The molecule has 126 valence electrons. The molecule has 0 saturated heterocycles. The lowest BCUT2D eigenvalue weighted by Gasteiger charge is -2.06. The Morgan fingerprint density at radius 2 is 1.83 bits per heavy atom. The van der Waals surface area contributed by atoms with Gasteiger partial charge in [-0.25, -0.2) is 10.1 Å². The van der Waals surface area contributed by atoms with Gasteiger partial charge in [0.15, 0.2) is 0 Å². The second-order valence-electron chi connectivity index (χ2n) is 5.66. The third kappa shape index (κ3) is 4.07. The lowest BCUT2D eigenvalue weighted by Crippen LogP contribution is -2.41. The number of amides is 2. The number of benzene rings is 1. The maximum absolute atomic E-state index is 11.6. The Morgan fingerprint density at radius 1 is 1.17 bits per heavy atom. The van der Waals surface area contributed by atoms with Gasteiger partial charge in [-0.2, -0.15) is 10.2 Å². The fraction of sp³-hybridized carbons (Fsp3) is 0.294. The van der Waals surface area contributed by atoms with Crippen molar-refractivity contribution in [3.05, 3.63) is 47.3 Å². The molecule has 1 heterocycles. The number of aryl methyl sites for hydroxylation is 1. The summed E-state index contributed by atoms with van der Waals surface area (Å²) in [5.41, 5.74) is 5.63. The average molecular weight is 327 g/mol. The second kappa shape index (κ2) is 7.54. The molecule has 0 fully saturated rings. The Balaban J connectivity index is 2.12. The van der Waals surface area contributed by atoms with Crippen LogP contribution >= 0.6 is 0 Å². The number of hydrazone groups is 1. The highest BCUT2D eigenvalue weighted by Gasteiger charge is 2.14. The maximum atomic E-state index is 11.6. The molecule has 7 heteroatoms. The monoisotopic (exact) mass is 327 g/mol. The molecule has 0 atom stereocenters. The molecule has 2 aromatic rings. The number of para-hydroxylation sites is 1. The van der Waals surface area contributed by atoms with E-state index in [9.17, 15) is 9.59 Å². The van der Waals surface area contributed by atoms with E-state index < -0.39 is 11.8 Å². The fourth-order valence-electron chi connectivity index (χ4n) is 2.20. The van der Waals surface area contributed by atoms with Crippen LogP contribution in [0.4, 0.5) is 0 Å². The second-order valence-corrected chi connectivity index (χ2v) is 5.66. The van der Waals surface area contributed by atoms with Crippen molar-refractivity contribution in [1.29, 1.82) is 0 Å². The summed E-state index contributed by atoms with van der Waals surface area (Å²) in [7, 11) is 0. The van der Waals surface area contributed by atoms with E-state index in [1.165, 1.54) is 6.21 Å². The summed E-state index contributed by atoms with van der Waals surface area (Å²) >= 11 is 0. The van der Waals surface area contributed by atoms with Gasteiger partial charge in [-0.15, -0.1) is 0 Å². The molecule has 0 saturated carbocycles. The van der Waals surface area contributed by atoms with Crippen molar-refractivity contribution < 1.29 is 9.59 Å². The number of nitrogens with one attached hydrogen (secondary N) is 2. The molecule has 7 nitrogen and oxygen atoms in total.